The van der Waals surface area contributed by atoms with Gasteiger partial charge in [-0.1, -0.05) is 44.2 Å². The molecular weight excluding hydrogens is 220 g/mol. The van der Waals surface area contributed by atoms with Crippen LogP contribution >= 0.6 is 0 Å². The molecule has 1 aliphatic carbocycles. The van der Waals surface area contributed by atoms with Crippen LogP contribution in [0, 0.1) is 11.3 Å². The van der Waals surface area contributed by atoms with E-state index in [0.29, 0.717) is 11.5 Å². The van der Waals surface area contributed by atoms with Gasteiger partial charge in [0.2, 0.25) is 0 Å². The van der Waals surface area contributed by atoms with Gasteiger partial charge in [0, 0.05) is 32.2 Å². The second-order valence-corrected chi connectivity index (χ2v) is 6.57. The molecule has 2 fully saturated rings. The van der Waals surface area contributed by atoms with E-state index in [1.165, 1.54) is 25.1 Å². The van der Waals surface area contributed by atoms with Gasteiger partial charge in [-0.25, -0.2) is 0 Å². The monoisotopic (exact) mass is 244 g/mol. The highest BCUT2D eigenvalue weighted by Crippen LogP contribution is 2.51. The van der Waals surface area contributed by atoms with Crippen LogP contribution in [-0.2, 0) is 0 Å². The maximum atomic E-state index is 3.64. The second kappa shape index (κ2) is 4.67. The van der Waals surface area contributed by atoms with Crippen LogP contribution in [0.4, 0.5) is 0 Å². The van der Waals surface area contributed by atoms with Gasteiger partial charge in [0.15, 0.2) is 0 Å². The zero-order valence-corrected chi connectivity index (χ0v) is 11.5. The molecule has 0 aromatic heterocycles. The number of benzene rings is 1. The molecule has 98 valence electrons. The number of hydrogen-bond acceptors (Lipinski definition) is 2. The first-order chi connectivity index (χ1) is 8.65. The highest BCUT2D eigenvalue weighted by atomic mass is 15.2. The summed E-state index contributed by atoms with van der Waals surface area (Å²) < 4.78 is 0. The van der Waals surface area contributed by atoms with Crippen molar-refractivity contribution in [2.24, 2.45) is 11.3 Å². The Kier molecular flexibility index (Phi) is 3.16. The van der Waals surface area contributed by atoms with E-state index in [1.54, 1.807) is 0 Å². The molecule has 0 spiro atoms. The number of hydrogen-bond donors (Lipinski definition) is 1. The predicted molar refractivity (Wildman–Crippen MR) is 75.5 cm³/mol. The van der Waals surface area contributed by atoms with E-state index < -0.39 is 0 Å². The number of rotatable bonds is 3. The lowest BCUT2D eigenvalue weighted by molar-refractivity contribution is 0.186. The molecule has 1 aromatic carbocycles. The van der Waals surface area contributed by atoms with Crippen LogP contribution in [0.25, 0.3) is 0 Å². The quantitative estimate of drug-likeness (QED) is 0.879. The maximum absolute atomic E-state index is 3.64. The zero-order chi connectivity index (χ0) is 12.6. The van der Waals surface area contributed by atoms with Crippen LogP contribution in [0.5, 0.6) is 0 Å². The first-order valence-electron chi connectivity index (χ1n) is 7.16. The predicted octanol–water partition coefficient (Wildman–Crippen LogP) is 2.68. The van der Waals surface area contributed by atoms with Gasteiger partial charge in [-0.3, -0.25) is 4.90 Å². The van der Waals surface area contributed by atoms with E-state index in [4.69, 9.17) is 0 Å². The Morgan fingerprint density at radius 1 is 1.28 bits per heavy atom. The van der Waals surface area contributed by atoms with Crippen molar-refractivity contribution < 1.29 is 0 Å². The average molecular weight is 244 g/mol. The Hall–Kier alpha value is -0.860. The van der Waals surface area contributed by atoms with Crippen LogP contribution in [0.1, 0.15) is 31.9 Å². The lowest BCUT2D eigenvalue weighted by Crippen LogP contribution is -2.46. The van der Waals surface area contributed by atoms with E-state index in [2.05, 4.69) is 54.4 Å². The van der Waals surface area contributed by atoms with Crippen molar-refractivity contribution in [1.82, 2.24) is 10.2 Å². The number of nitrogens with one attached hydrogen (secondary N) is 1. The third-order valence-corrected chi connectivity index (χ3v) is 4.66. The molecule has 1 N–H and O–H groups in total. The van der Waals surface area contributed by atoms with Crippen LogP contribution in [-0.4, -0.2) is 31.1 Å². The SMILES string of the molecule is CC1(C)CC1CN1CCNC(c2ccccc2)C1. The van der Waals surface area contributed by atoms with Crippen molar-refractivity contribution >= 4 is 0 Å². The minimum atomic E-state index is 0.516. The van der Waals surface area contributed by atoms with E-state index >= 15 is 0 Å². The third-order valence-electron chi connectivity index (χ3n) is 4.66. The van der Waals surface area contributed by atoms with Gasteiger partial charge < -0.3 is 5.32 Å². The molecule has 1 aliphatic heterocycles. The molecule has 0 amide bonds. The van der Waals surface area contributed by atoms with Crippen molar-refractivity contribution in [3.8, 4) is 0 Å². The van der Waals surface area contributed by atoms with E-state index in [0.717, 1.165) is 19.0 Å². The molecule has 2 heteroatoms. The van der Waals surface area contributed by atoms with Crippen LogP contribution < -0.4 is 5.32 Å². The second-order valence-electron chi connectivity index (χ2n) is 6.57. The summed E-state index contributed by atoms with van der Waals surface area (Å²) in [6.45, 7) is 9.57. The highest BCUT2D eigenvalue weighted by Gasteiger charge is 2.46. The third kappa shape index (κ3) is 2.60. The lowest BCUT2D eigenvalue weighted by Gasteiger charge is -2.34. The van der Waals surface area contributed by atoms with Gasteiger partial charge in [-0.2, -0.15) is 0 Å². The summed E-state index contributed by atoms with van der Waals surface area (Å²) >= 11 is 0. The summed E-state index contributed by atoms with van der Waals surface area (Å²) in [5.41, 5.74) is 2.03. The van der Waals surface area contributed by atoms with Crippen molar-refractivity contribution in [2.75, 3.05) is 26.2 Å². The topological polar surface area (TPSA) is 15.3 Å². The average Bonchev–Trinajstić information content (AvgIpc) is 2.98. The number of piperazine rings is 1. The summed E-state index contributed by atoms with van der Waals surface area (Å²) in [5.74, 6) is 0.923. The molecule has 2 unspecified atom stereocenters. The van der Waals surface area contributed by atoms with Gasteiger partial charge in [0.05, 0.1) is 0 Å². The van der Waals surface area contributed by atoms with Crippen LogP contribution in [0.2, 0.25) is 0 Å². The van der Waals surface area contributed by atoms with Crippen LogP contribution in [0.3, 0.4) is 0 Å². The number of nitrogens with zero attached hydrogens (tertiary/aromatic N) is 1. The van der Waals surface area contributed by atoms with Crippen LogP contribution in [0.15, 0.2) is 30.3 Å². The molecule has 1 heterocycles. The van der Waals surface area contributed by atoms with Gasteiger partial charge >= 0.3 is 0 Å². The zero-order valence-electron chi connectivity index (χ0n) is 11.5. The maximum Gasteiger partial charge on any atom is 0.0449 e. The normalized spacial score (nSPS) is 31.2. The van der Waals surface area contributed by atoms with Gasteiger partial charge in [-0.15, -0.1) is 0 Å². The Labute approximate surface area is 110 Å². The van der Waals surface area contributed by atoms with Crippen molar-refractivity contribution in [2.45, 2.75) is 26.3 Å². The molecule has 0 bridgehead atoms. The van der Waals surface area contributed by atoms with Gasteiger partial charge in [0.25, 0.3) is 0 Å². The standard InChI is InChI=1S/C16H24N2/c1-16(2)10-14(16)11-18-9-8-17-15(12-18)13-6-4-3-5-7-13/h3-7,14-15,17H,8-12H2,1-2H3. The molecule has 2 atom stereocenters. The van der Waals surface area contributed by atoms with Gasteiger partial charge in [-0.05, 0) is 23.3 Å². The van der Waals surface area contributed by atoms with E-state index in [-0.39, 0.29) is 0 Å². The summed E-state index contributed by atoms with van der Waals surface area (Å²) in [6, 6.07) is 11.4. The summed E-state index contributed by atoms with van der Waals surface area (Å²) in [5, 5.41) is 3.64. The fraction of sp³-hybridized carbons (Fsp3) is 0.625. The molecule has 2 aliphatic rings. The molecule has 1 saturated heterocycles. The molecule has 1 aromatic rings. The molecule has 18 heavy (non-hydrogen) atoms. The summed E-state index contributed by atoms with van der Waals surface area (Å²) in [4.78, 5) is 2.65. The van der Waals surface area contributed by atoms with Gasteiger partial charge in [0.1, 0.15) is 0 Å². The minimum Gasteiger partial charge on any atom is -0.308 e. The largest absolute Gasteiger partial charge is 0.308 e. The molecule has 1 saturated carbocycles. The van der Waals surface area contributed by atoms with Crippen molar-refractivity contribution in [1.29, 1.82) is 0 Å². The minimum absolute atomic E-state index is 0.516. The lowest BCUT2D eigenvalue weighted by atomic mass is 10.0. The fourth-order valence-corrected chi connectivity index (χ4v) is 3.08. The first-order valence-corrected chi connectivity index (χ1v) is 7.16. The molecule has 0 radical (unpaired) electrons. The van der Waals surface area contributed by atoms with Crippen molar-refractivity contribution in [3.63, 3.8) is 0 Å². The summed E-state index contributed by atoms with van der Waals surface area (Å²) in [7, 11) is 0. The van der Waals surface area contributed by atoms with E-state index in [9.17, 15) is 0 Å². The Balaban J connectivity index is 1.59. The highest BCUT2D eigenvalue weighted by molar-refractivity contribution is 5.19. The molecule has 3 rings (SSSR count). The smallest absolute Gasteiger partial charge is 0.0449 e. The molecular formula is C16H24N2. The Morgan fingerprint density at radius 3 is 2.67 bits per heavy atom. The Morgan fingerprint density at radius 2 is 2.00 bits per heavy atom. The van der Waals surface area contributed by atoms with E-state index in [1.807, 2.05) is 0 Å². The first kappa shape index (κ1) is 12.2. The van der Waals surface area contributed by atoms with Crippen molar-refractivity contribution in [3.05, 3.63) is 35.9 Å². The summed E-state index contributed by atoms with van der Waals surface area (Å²) in [6.07, 6.45) is 1.41. The fourth-order valence-electron chi connectivity index (χ4n) is 3.08. The Bertz CT molecular complexity index is 399. The molecule has 2 nitrogen and oxygen atoms in total.